The molecule has 1 aliphatic carbocycles. The lowest BCUT2D eigenvalue weighted by Crippen LogP contribution is -2.25. The molecule has 1 aromatic carbocycles. The molecule has 0 saturated heterocycles. The van der Waals surface area contributed by atoms with Gasteiger partial charge in [0.1, 0.15) is 0 Å². The highest BCUT2D eigenvalue weighted by Gasteiger charge is 2.23. The quantitative estimate of drug-likeness (QED) is 0.838. The van der Waals surface area contributed by atoms with E-state index < -0.39 is 0 Å². The van der Waals surface area contributed by atoms with Crippen molar-refractivity contribution in [2.45, 2.75) is 45.6 Å². The Morgan fingerprint density at radius 3 is 2.45 bits per heavy atom. The zero-order valence-electron chi connectivity index (χ0n) is 12.1. The average Bonchev–Trinajstić information content (AvgIpc) is 3.23. The van der Waals surface area contributed by atoms with Crippen LogP contribution < -0.4 is 10.6 Å². The molecule has 0 heterocycles. The largest absolute Gasteiger partial charge is 0.349 e. The maximum absolute atomic E-state index is 11.9. The molecule has 1 aromatic rings. The summed E-state index contributed by atoms with van der Waals surface area (Å²) in [6, 6.07) is 7.41. The van der Waals surface area contributed by atoms with E-state index >= 15 is 0 Å². The van der Waals surface area contributed by atoms with Gasteiger partial charge in [-0.05, 0) is 43.5 Å². The number of carbonyl (C=O) groups excluding carboxylic acids is 2. The summed E-state index contributed by atoms with van der Waals surface area (Å²) >= 11 is 0. The molecule has 20 heavy (non-hydrogen) atoms. The molecule has 108 valence electrons. The normalized spacial score (nSPS) is 15.5. The Hall–Kier alpha value is -1.84. The van der Waals surface area contributed by atoms with Crippen LogP contribution in [0, 0.1) is 5.92 Å². The Kier molecular flexibility index (Phi) is 4.77. The minimum Gasteiger partial charge on any atom is -0.349 e. The second kappa shape index (κ2) is 6.55. The van der Waals surface area contributed by atoms with Gasteiger partial charge in [0.15, 0.2) is 0 Å². The first-order valence-corrected chi connectivity index (χ1v) is 7.32. The molecular formula is C16H22N2O2. The van der Waals surface area contributed by atoms with Gasteiger partial charge in [0.05, 0.1) is 0 Å². The summed E-state index contributed by atoms with van der Waals surface area (Å²) < 4.78 is 0. The van der Waals surface area contributed by atoms with Crippen LogP contribution in [0.5, 0.6) is 0 Å². The Morgan fingerprint density at radius 2 is 1.90 bits per heavy atom. The van der Waals surface area contributed by atoms with Crippen molar-refractivity contribution in [3.63, 3.8) is 0 Å². The van der Waals surface area contributed by atoms with E-state index in [9.17, 15) is 9.59 Å². The fourth-order valence-electron chi connectivity index (χ4n) is 2.03. The molecule has 0 spiro atoms. The van der Waals surface area contributed by atoms with E-state index in [1.54, 1.807) is 24.3 Å². The molecule has 1 saturated carbocycles. The smallest absolute Gasteiger partial charge is 0.251 e. The molecule has 1 unspecified atom stereocenters. The van der Waals surface area contributed by atoms with Gasteiger partial charge in [0, 0.05) is 23.2 Å². The van der Waals surface area contributed by atoms with Gasteiger partial charge in [0.2, 0.25) is 5.91 Å². The van der Waals surface area contributed by atoms with Crippen LogP contribution in [0.25, 0.3) is 0 Å². The molecule has 2 rings (SSSR count). The topological polar surface area (TPSA) is 58.2 Å². The third kappa shape index (κ3) is 4.08. The van der Waals surface area contributed by atoms with Crippen LogP contribution in [0.15, 0.2) is 24.3 Å². The maximum Gasteiger partial charge on any atom is 0.251 e. The fourth-order valence-corrected chi connectivity index (χ4v) is 2.03. The summed E-state index contributed by atoms with van der Waals surface area (Å²) in [5, 5.41) is 5.81. The van der Waals surface area contributed by atoms with E-state index in [2.05, 4.69) is 17.6 Å². The molecule has 0 radical (unpaired) electrons. The van der Waals surface area contributed by atoms with Crippen LogP contribution in [0.4, 0.5) is 5.69 Å². The molecule has 2 N–H and O–H groups in total. The highest BCUT2D eigenvalue weighted by Crippen LogP contribution is 2.20. The summed E-state index contributed by atoms with van der Waals surface area (Å²) in [5.41, 5.74) is 1.37. The van der Waals surface area contributed by atoms with E-state index in [1.807, 2.05) is 6.92 Å². The predicted molar refractivity (Wildman–Crippen MR) is 79.6 cm³/mol. The summed E-state index contributed by atoms with van der Waals surface area (Å²) in [7, 11) is 0. The number of hydrogen-bond donors (Lipinski definition) is 2. The van der Waals surface area contributed by atoms with Crippen molar-refractivity contribution in [3.05, 3.63) is 29.8 Å². The number of nitrogens with one attached hydrogen (secondary N) is 2. The molecule has 0 bridgehead atoms. The Balaban J connectivity index is 1.90. The standard InChI is InChI=1S/C16H22N2O2/c1-3-4-11(2)15(19)17-13-7-5-12(6-8-13)16(20)18-14-9-10-14/h5-8,11,14H,3-4,9-10H2,1-2H3,(H,17,19)(H,18,20). The van der Waals surface area contributed by atoms with Gasteiger partial charge in [-0.3, -0.25) is 9.59 Å². The summed E-state index contributed by atoms with van der Waals surface area (Å²) in [6.45, 7) is 3.99. The summed E-state index contributed by atoms with van der Waals surface area (Å²) in [4.78, 5) is 23.7. The van der Waals surface area contributed by atoms with Gasteiger partial charge in [-0.1, -0.05) is 20.3 Å². The third-order valence-electron chi connectivity index (χ3n) is 3.50. The lowest BCUT2D eigenvalue weighted by Gasteiger charge is -2.11. The highest BCUT2D eigenvalue weighted by molar-refractivity contribution is 5.96. The van der Waals surface area contributed by atoms with Crippen LogP contribution in [-0.2, 0) is 4.79 Å². The SMILES string of the molecule is CCCC(C)C(=O)Nc1ccc(C(=O)NC2CC2)cc1. The molecule has 2 amide bonds. The van der Waals surface area contributed by atoms with Crippen molar-refractivity contribution in [1.82, 2.24) is 5.32 Å². The first kappa shape index (κ1) is 14.6. The summed E-state index contributed by atoms with van der Waals surface area (Å²) in [5.74, 6) is 0.00426. The lowest BCUT2D eigenvalue weighted by molar-refractivity contribution is -0.119. The van der Waals surface area contributed by atoms with Crippen molar-refractivity contribution >= 4 is 17.5 Å². The number of hydrogen-bond acceptors (Lipinski definition) is 2. The second-order valence-electron chi connectivity index (χ2n) is 5.50. The summed E-state index contributed by atoms with van der Waals surface area (Å²) in [6.07, 6.45) is 4.03. The Labute approximate surface area is 119 Å². The van der Waals surface area contributed by atoms with Gasteiger partial charge in [0.25, 0.3) is 5.91 Å². The average molecular weight is 274 g/mol. The zero-order valence-corrected chi connectivity index (χ0v) is 12.1. The molecule has 1 fully saturated rings. The molecule has 0 aromatic heterocycles. The predicted octanol–water partition coefficient (Wildman–Crippen LogP) is 2.95. The van der Waals surface area contributed by atoms with E-state index in [-0.39, 0.29) is 17.7 Å². The van der Waals surface area contributed by atoms with Crippen LogP contribution in [0.1, 0.15) is 49.9 Å². The number of anilines is 1. The molecule has 4 heteroatoms. The first-order valence-electron chi connectivity index (χ1n) is 7.32. The van der Waals surface area contributed by atoms with Gasteiger partial charge in [-0.25, -0.2) is 0 Å². The van der Waals surface area contributed by atoms with Crippen LogP contribution in [0.3, 0.4) is 0 Å². The van der Waals surface area contributed by atoms with Crippen molar-refractivity contribution in [3.8, 4) is 0 Å². The highest BCUT2D eigenvalue weighted by atomic mass is 16.2. The van der Waals surface area contributed by atoms with E-state index in [0.717, 1.165) is 31.4 Å². The molecule has 1 atom stereocenters. The zero-order chi connectivity index (χ0) is 14.5. The molecular weight excluding hydrogens is 252 g/mol. The van der Waals surface area contributed by atoms with Crippen molar-refractivity contribution < 1.29 is 9.59 Å². The Bertz CT molecular complexity index is 478. The van der Waals surface area contributed by atoms with Crippen molar-refractivity contribution in [2.75, 3.05) is 5.32 Å². The number of carbonyl (C=O) groups is 2. The maximum atomic E-state index is 11.9. The van der Waals surface area contributed by atoms with E-state index in [1.165, 1.54) is 0 Å². The van der Waals surface area contributed by atoms with Crippen LogP contribution >= 0.6 is 0 Å². The van der Waals surface area contributed by atoms with E-state index in [4.69, 9.17) is 0 Å². The van der Waals surface area contributed by atoms with Crippen LogP contribution in [0.2, 0.25) is 0 Å². The molecule has 0 aliphatic heterocycles. The number of benzene rings is 1. The Morgan fingerprint density at radius 1 is 1.25 bits per heavy atom. The van der Waals surface area contributed by atoms with Crippen molar-refractivity contribution in [2.24, 2.45) is 5.92 Å². The minimum atomic E-state index is -0.0373. The lowest BCUT2D eigenvalue weighted by atomic mass is 10.1. The fraction of sp³-hybridized carbons (Fsp3) is 0.500. The molecule has 4 nitrogen and oxygen atoms in total. The minimum absolute atomic E-state index is 0.0119. The van der Waals surface area contributed by atoms with Gasteiger partial charge in [-0.2, -0.15) is 0 Å². The number of rotatable bonds is 6. The van der Waals surface area contributed by atoms with Crippen molar-refractivity contribution in [1.29, 1.82) is 0 Å². The monoisotopic (exact) mass is 274 g/mol. The second-order valence-corrected chi connectivity index (χ2v) is 5.50. The third-order valence-corrected chi connectivity index (χ3v) is 3.50. The van der Waals surface area contributed by atoms with Crippen LogP contribution in [-0.4, -0.2) is 17.9 Å². The van der Waals surface area contributed by atoms with Gasteiger partial charge < -0.3 is 10.6 Å². The first-order chi connectivity index (χ1) is 9.60. The van der Waals surface area contributed by atoms with E-state index in [0.29, 0.717) is 11.6 Å². The number of amides is 2. The van der Waals surface area contributed by atoms with Gasteiger partial charge >= 0.3 is 0 Å². The van der Waals surface area contributed by atoms with Gasteiger partial charge in [-0.15, -0.1) is 0 Å². The molecule has 1 aliphatic rings.